The van der Waals surface area contributed by atoms with Crippen LogP contribution in [-0.2, 0) is 6.42 Å². The Labute approximate surface area is 91.0 Å². The third kappa shape index (κ3) is 3.84. The van der Waals surface area contributed by atoms with Gasteiger partial charge in [-0.2, -0.15) is 0 Å². The molecule has 1 atom stereocenters. The molecule has 0 saturated carbocycles. The first-order valence-electron chi connectivity index (χ1n) is 5.18. The van der Waals surface area contributed by atoms with Crippen LogP contribution >= 0.6 is 0 Å². The Kier molecular flexibility index (Phi) is 4.50. The van der Waals surface area contributed by atoms with Gasteiger partial charge in [0.1, 0.15) is 5.82 Å². The van der Waals surface area contributed by atoms with Crippen LogP contribution in [0, 0.1) is 5.82 Å². The maximum Gasteiger partial charge on any atom is 0.126 e. The summed E-state index contributed by atoms with van der Waals surface area (Å²) in [6.07, 6.45) is 1.58. The van der Waals surface area contributed by atoms with Crippen LogP contribution in [0.4, 0.5) is 4.39 Å². The highest BCUT2D eigenvalue weighted by Gasteiger charge is 2.09. The first kappa shape index (κ1) is 11.9. The summed E-state index contributed by atoms with van der Waals surface area (Å²) in [6.45, 7) is 5.86. The number of nitrogens with one attached hydrogen (secondary N) is 1. The summed E-state index contributed by atoms with van der Waals surface area (Å²) in [6, 6.07) is 7.18. The molecule has 0 aromatic heterocycles. The molecule has 0 saturated heterocycles. The fourth-order valence-electron chi connectivity index (χ4n) is 1.63. The Bertz CT molecular complexity index is 333. The number of hydrogen-bond donors (Lipinski definition) is 1. The van der Waals surface area contributed by atoms with Crippen molar-refractivity contribution in [3.63, 3.8) is 0 Å². The third-order valence-electron chi connectivity index (χ3n) is 2.43. The monoisotopic (exact) mass is 207 g/mol. The van der Waals surface area contributed by atoms with Crippen molar-refractivity contribution in [2.45, 2.75) is 25.8 Å². The standard InChI is InChI=1S/C13H18FN/c1-10(2)8-12(15-3)9-11-6-4-5-7-13(11)14/h4-7,12,15H,1,8-9H2,2-3H3. The number of hydrogen-bond acceptors (Lipinski definition) is 1. The van der Waals surface area contributed by atoms with Crippen molar-refractivity contribution in [2.24, 2.45) is 0 Å². The highest BCUT2D eigenvalue weighted by Crippen LogP contribution is 2.12. The minimum absolute atomic E-state index is 0.125. The molecule has 0 heterocycles. The van der Waals surface area contributed by atoms with Gasteiger partial charge in [0.2, 0.25) is 0 Å². The molecule has 0 aliphatic rings. The van der Waals surface area contributed by atoms with Gasteiger partial charge in [-0.1, -0.05) is 23.8 Å². The van der Waals surface area contributed by atoms with Gasteiger partial charge in [0.15, 0.2) is 0 Å². The molecule has 1 N–H and O–H groups in total. The van der Waals surface area contributed by atoms with Crippen LogP contribution in [0.5, 0.6) is 0 Å². The van der Waals surface area contributed by atoms with Crippen molar-refractivity contribution in [1.29, 1.82) is 0 Å². The maximum atomic E-state index is 13.4. The Morgan fingerprint density at radius 1 is 1.47 bits per heavy atom. The molecule has 1 aromatic carbocycles. The van der Waals surface area contributed by atoms with Crippen LogP contribution in [0.1, 0.15) is 18.9 Å². The van der Waals surface area contributed by atoms with Crippen LogP contribution in [0.25, 0.3) is 0 Å². The first-order valence-corrected chi connectivity index (χ1v) is 5.18. The number of rotatable bonds is 5. The van der Waals surface area contributed by atoms with Gasteiger partial charge in [-0.25, -0.2) is 4.39 Å². The van der Waals surface area contributed by atoms with Crippen molar-refractivity contribution in [2.75, 3.05) is 7.05 Å². The zero-order chi connectivity index (χ0) is 11.3. The third-order valence-corrected chi connectivity index (χ3v) is 2.43. The minimum atomic E-state index is -0.125. The molecule has 0 fully saturated rings. The zero-order valence-electron chi connectivity index (χ0n) is 9.39. The van der Waals surface area contributed by atoms with E-state index in [2.05, 4.69) is 11.9 Å². The molecule has 1 rings (SSSR count). The van der Waals surface area contributed by atoms with E-state index in [1.807, 2.05) is 26.1 Å². The Morgan fingerprint density at radius 2 is 2.13 bits per heavy atom. The van der Waals surface area contributed by atoms with Crippen LogP contribution in [0.3, 0.4) is 0 Å². The quantitative estimate of drug-likeness (QED) is 0.732. The molecule has 0 radical (unpaired) electrons. The molecule has 1 unspecified atom stereocenters. The highest BCUT2D eigenvalue weighted by molar-refractivity contribution is 5.18. The molecule has 1 aromatic rings. The second-order valence-electron chi connectivity index (χ2n) is 3.94. The molecule has 0 aliphatic carbocycles. The smallest absolute Gasteiger partial charge is 0.126 e. The molecule has 0 aliphatic heterocycles. The molecule has 0 spiro atoms. The summed E-state index contributed by atoms with van der Waals surface area (Å²) in [5.41, 5.74) is 1.88. The number of likely N-dealkylation sites (N-methyl/N-ethyl adjacent to an activating group) is 1. The van der Waals surface area contributed by atoms with Crippen molar-refractivity contribution >= 4 is 0 Å². The van der Waals surface area contributed by atoms with Crippen molar-refractivity contribution < 1.29 is 4.39 Å². The SMILES string of the molecule is C=C(C)CC(Cc1ccccc1F)NC. The largest absolute Gasteiger partial charge is 0.316 e. The van der Waals surface area contributed by atoms with Gasteiger partial charge in [0.25, 0.3) is 0 Å². The summed E-state index contributed by atoms with van der Waals surface area (Å²) in [5.74, 6) is -0.125. The van der Waals surface area contributed by atoms with Gasteiger partial charge in [-0.3, -0.25) is 0 Å². The molecule has 15 heavy (non-hydrogen) atoms. The van der Waals surface area contributed by atoms with E-state index in [0.29, 0.717) is 6.42 Å². The predicted molar refractivity (Wildman–Crippen MR) is 62.4 cm³/mol. The van der Waals surface area contributed by atoms with Crippen LogP contribution in [-0.4, -0.2) is 13.1 Å². The average Bonchev–Trinajstić information content (AvgIpc) is 2.19. The van der Waals surface area contributed by atoms with E-state index >= 15 is 0 Å². The second-order valence-corrected chi connectivity index (χ2v) is 3.94. The lowest BCUT2D eigenvalue weighted by Gasteiger charge is -2.16. The second kappa shape index (κ2) is 5.66. The topological polar surface area (TPSA) is 12.0 Å². The lowest BCUT2D eigenvalue weighted by molar-refractivity contribution is 0.531. The molecule has 0 amide bonds. The summed E-state index contributed by atoms with van der Waals surface area (Å²) >= 11 is 0. The lowest BCUT2D eigenvalue weighted by Crippen LogP contribution is -2.28. The van der Waals surface area contributed by atoms with Crippen LogP contribution in [0.2, 0.25) is 0 Å². The normalized spacial score (nSPS) is 12.5. The van der Waals surface area contributed by atoms with E-state index in [4.69, 9.17) is 0 Å². The zero-order valence-corrected chi connectivity index (χ0v) is 9.39. The fraction of sp³-hybridized carbons (Fsp3) is 0.385. The van der Waals surface area contributed by atoms with E-state index in [1.165, 1.54) is 6.07 Å². The number of benzene rings is 1. The van der Waals surface area contributed by atoms with Crippen LogP contribution in [0.15, 0.2) is 36.4 Å². The molecular weight excluding hydrogens is 189 g/mol. The van der Waals surface area contributed by atoms with Crippen molar-refractivity contribution in [3.8, 4) is 0 Å². The minimum Gasteiger partial charge on any atom is -0.316 e. The van der Waals surface area contributed by atoms with Crippen molar-refractivity contribution in [1.82, 2.24) is 5.32 Å². The van der Waals surface area contributed by atoms with Gasteiger partial charge in [0, 0.05) is 6.04 Å². The number of halogens is 1. The first-order chi connectivity index (χ1) is 7.13. The van der Waals surface area contributed by atoms with E-state index in [1.54, 1.807) is 6.07 Å². The van der Waals surface area contributed by atoms with Crippen LogP contribution < -0.4 is 5.32 Å². The van der Waals surface area contributed by atoms with Crippen molar-refractivity contribution in [3.05, 3.63) is 47.8 Å². The highest BCUT2D eigenvalue weighted by atomic mass is 19.1. The van der Waals surface area contributed by atoms with E-state index < -0.39 is 0 Å². The molecular formula is C13H18FN. The van der Waals surface area contributed by atoms with E-state index in [-0.39, 0.29) is 11.9 Å². The molecule has 0 bridgehead atoms. The Morgan fingerprint density at radius 3 is 2.67 bits per heavy atom. The van der Waals surface area contributed by atoms with Gasteiger partial charge in [0.05, 0.1) is 0 Å². The summed E-state index contributed by atoms with van der Waals surface area (Å²) < 4.78 is 13.4. The van der Waals surface area contributed by atoms with Gasteiger partial charge >= 0.3 is 0 Å². The summed E-state index contributed by atoms with van der Waals surface area (Å²) in [5, 5.41) is 3.18. The molecule has 82 valence electrons. The Hall–Kier alpha value is -1.15. The summed E-state index contributed by atoms with van der Waals surface area (Å²) in [4.78, 5) is 0. The molecule has 2 heteroatoms. The van der Waals surface area contributed by atoms with Gasteiger partial charge < -0.3 is 5.32 Å². The van der Waals surface area contributed by atoms with E-state index in [9.17, 15) is 4.39 Å². The maximum absolute atomic E-state index is 13.4. The fourth-order valence-corrected chi connectivity index (χ4v) is 1.63. The average molecular weight is 207 g/mol. The molecule has 1 nitrogen and oxygen atoms in total. The van der Waals surface area contributed by atoms with Gasteiger partial charge in [-0.05, 0) is 38.4 Å². The summed E-state index contributed by atoms with van der Waals surface area (Å²) in [7, 11) is 1.90. The lowest BCUT2D eigenvalue weighted by atomic mass is 10.0. The van der Waals surface area contributed by atoms with E-state index in [0.717, 1.165) is 17.6 Å². The Balaban J connectivity index is 2.66. The predicted octanol–water partition coefficient (Wildman–Crippen LogP) is 2.92. The van der Waals surface area contributed by atoms with Gasteiger partial charge in [-0.15, -0.1) is 6.58 Å².